The number of anilines is 1. The van der Waals surface area contributed by atoms with Crippen molar-refractivity contribution in [1.82, 2.24) is 5.32 Å². The lowest BCUT2D eigenvalue weighted by Gasteiger charge is -2.15. The van der Waals surface area contributed by atoms with E-state index in [1.165, 1.54) is 6.92 Å². The highest BCUT2D eigenvalue weighted by atomic mass is 32.2. The minimum absolute atomic E-state index is 0.0125. The molecule has 1 unspecified atom stereocenters. The third-order valence-corrected chi connectivity index (χ3v) is 5.18. The first kappa shape index (κ1) is 20.6. The first-order valence-corrected chi connectivity index (χ1v) is 11.1. The van der Waals surface area contributed by atoms with Gasteiger partial charge in [0.05, 0.1) is 11.8 Å². The molecule has 0 aliphatic heterocycles. The lowest BCUT2D eigenvalue weighted by Crippen LogP contribution is -2.27. The van der Waals surface area contributed by atoms with E-state index in [2.05, 4.69) is 10.6 Å². The second-order valence-corrected chi connectivity index (χ2v) is 9.12. The summed E-state index contributed by atoms with van der Waals surface area (Å²) in [5.41, 5.74) is 2.21. The Bertz CT molecular complexity index is 1180. The van der Waals surface area contributed by atoms with Gasteiger partial charge in [-0.15, -0.1) is 0 Å². The van der Waals surface area contributed by atoms with Gasteiger partial charge in [-0.25, -0.2) is 8.42 Å². The van der Waals surface area contributed by atoms with Crippen molar-refractivity contribution in [2.24, 2.45) is 0 Å². The standard InChI is InChI=1S/C21H22N2O5S/c1-13(15-7-6-8-16(11-15)23-14(2)24)22-21(25)20-18(12-29(3,26)27)17-9-4-5-10-19(17)28-20/h4-11,13H,12H2,1-3H3,(H,22,25)(H,23,24). The van der Waals surface area contributed by atoms with Gasteiger partial charge in [0, 0.05) is 29.8 Å². The van der Waals surface area contributed by atoms with Crippen molar-refractivity contribution in [1.29, 1.82) is 0 Å². The summed E-state index contributed by atoms with van der Waals surface area (Å²) in [4.78, 5) is 24.1. The van der Waals surface area contributed by atoms with Crippen LogP contribution in [-0.4, -0.2) is 26.5 Å². The van der Waals surface area contributed by atoms with Gasteiger partial charge in [-0.05, 0) is 30.7 Å². The number of furan rings is 1. The van der Waals surface area contributed by atoms with Crippen molar-refractivity contribution in [3.05, 3.63) is 65.4 Å². The Morgan fingerprint density at radius 3 is 2.52 bits per heavy atom. The number of amides is 2. The van der Waals surface area contributed by atoms with Crippen LogP contribution in [0.3, 0.4) is 0 Å². The molecule has 0 radical (unpaired) electrons. The Balaban J connectivity index is 1.90. The molecule has 2 N–H and O–H groups in total. The molecule has 3 rings (SSSR count). The van der Waals surface area contributed by atoms with E-state index in [-0.39, 0.29) is 17.4 Å². The smallest absolute Gasteiger partial charge is 0.287 e. The molecule has 0 bridgehead atoms. The first-order valence-electron chi connectivity index (χ1n) is 9.00. The molecule has 0 aliphatic carbocycles. The van der Waals surface area contributed by atoms with Gasteiger partial charge < -0.3 is 15.1 Å². The van der Waals surface area contributed by atoms with Crippen molar-refractivity contribution in [3.8, 4) is 0 Å². The number of hydrogen-bond donors (Lipinski definition) is 2. The van der Waals surface area contributed by atoms with E-state index < -0.39 is 21.8 Å². The summed E-state index contributed by atoms with van der Waals surface area (Å²) in [5, 5.41) is 6.14. The molecule has 0 aliphatic rings. The molecule has 0 saturated carbocycles. The van der Waals surface area contributed by atoms with Gasteiger partial charge in [-0.1, -0.05) is 30.3 Å². The fourth-order valence-electron chi connectivity index (χ4n) is 3.12. The zero-order chi connectivity index (χ0) is 21.2. The van der Waals surface area contributed by atoms with Crippen LogP contribution in [0.25, 0.3) is 11.0 Å². The van der Waals surface area contributed by atoms with Gasteiger partial charge in [-0.2, -0.15) is 0 Å². The summed E-state index contributed by atoms with van der Waals surface area (Å²) in [6, 6.07) is 13.7. The molecule has 7 nitrogen and oxygen atoms in total. The van der Waals surface area contributed by atoms with Crippen LogP contribution in [0.1, 0.15) is 41.6 Å². The van der Waals surface area contributed by atoms with E-state index >= 15 is 0 Å². The highest BCUT2D eigenvalue weighted by Gasteiger charge is 2.24. The predicted molar refractivity (Wildman–Crippen MR) is 111 cm³/mol. The largest absolute Gasteiger partial charge is 0.451 e. The van der Waals surface area contributed by atoms with Crippen LogP contribution in [0.2, 0.25) is 0 Å². The van der Waals surface area contributed by atoms with Crippen LogP contribution >= 0.6 is 0 Å². The fourth-order valence-corrected chi connectivity index (χ4v) is 3.93. The maximum absolute atomic E-state index is 12.9. The second-order valence-electron chi connectivity index (χ2n) is 6.98. The summed E-state index contributed by atoms with van der Waals surface area (Å²) in [5.74, 6) is -0.996. The number of rotatable bonds is 6. The number of fused-ring (bicyclic) bond motifs is 1. The average Bonchev–Trinajstić information content (AvgIpc) is 2.98. The maximum atomic E-state index is 12.9. The number of hydrogen-bond acceptors (Lipinski definition) is 5. The summed E-state index contributed by atoms with van der Waals surface area (Å²) < 4.78 is 29.4. The van der Waals surface area contributed by atoms with Crippen molar-refractivity contribution < 1.29 is 22.4 Å². The Morgan fingerprint density at radius 1 is 1.10 bits per heavy atom. The number of nitrogens with one attached hydrogen (secondary N) is 2. The number of benzene rings is 2. The number of para-hydroxylation sites is 1. The van der Waals surface area contributed by atoms with Gasteiger partial charge in [-0.3, -0.25) is 9.59 Å². The molecule has 3 aromatic rings. The zero-order valence-electron chi connectivity index (χ0n) is 16.4. The van der Waals surface area contributed by atoms with Gasteiger partial charge in [0.15, 0.2) is 15.6 Å². The molecular formula is C21H22N2O5S. The van der Waals surface area contributed by atoms with Crippen LogP contribution in [0.4, 0.5) is 5.69 Å². The normalized spacial score (nSPS) is 12.5. The third kappa shape index (κ3) is 5.03. The zero-order valence-corrected chi connectivity index (χ0v) is 17.2. The molecule has 0 fully saturated rings. The highest BCUT2D eigenvalue weighted by molar-refractivity contribution is 7.89. The van der Waals surface area contributed by atoms with Crippen LogP contribution in [0.15, 0.2) is 52.9 Å². The molecule has 152 valence electrons. The minimum atomic E-state index is -3.37. The summed E-state index contributed by atoms with van der Waals surface area (Å²) in [7, 11) is -3.37. The minimum Gasteiger partial charge on any atom is -0.451 e. The van der Waals surface area contributed by atoms with E-state index in [4.69, 9.17) is 4.42 Å². The van der Waals surface area contributed by atoms with E-state index in [1.54, 1.807) is 49.4 Å². The third-order valence-electron chi connectivity index (χ3n) is 4.37. The Labute approximate surface area is 169 Å². The van der Waals surface area contributed by atoms with Gasteiger partial charge in [0.2, 0.25) is 5.91 Å². The van der Waals surface area contributed by atoms with E-state index in [9.17, 15) is 18.0 Å². The van der Waals surface area contributed by atoms with Gasteiger partial charge in [0.25, 0.3) is 5.91 Å². The monoisotopic (exact) mass is 414 g/mol. The fraction of sp³-hybridized carbons (Fsp3) is 0.238. The average molecular weight is 414 g/mol. The topological polar surface area (TPSA) is 105 Å². The molecule has 2 aromatic carbocycles. The molecule has 1 atom stereocenters. The van der Waals surface area contributed by atoms with Crippen LogP contribution < -0.4 is 10.6 Å². The summed E-state index contributed by atoms with van der Waals surface area (Å²) >= 11 is 0. The number of sulfone groups is 1. The van der Waals surface area contributed by atoms with Gasteiger partial charge in [0.1, 0.15) is 5.58 Å². The molecule has 8 heteroatoms. The van der Waals surface area contributed by atoms with Gasteiger partial charge >= 0.3 is 0 Å². The lowest BCUT2D eigenvalue weighted by atomic mass is 10.1. The van der Waals surface area contributed by atoms with Crippen molar-refractivity contribution in [2.45, 2.75) is 25.6 Å². The summed E-state index contributed by atoms with van der Waals surface area (Å²) in [6.45, 7) is 3.21. The first-order chi connectivity index (χ1) is 13.6. The van der Waals surface area contributed by atoms with Crippen LogP contribution in [0.5, 0.6) is 0 Å². The van der Waals surface area contributed by atoms with Crippen molar-refractivity contribution >= 4 is 38.3 Å². The molecule has 1 aromatic heterocycles. The highest BCUT2D eigenvalue weighted by Crippen LogP contribution is 2.28. The predicted octanol–water partition coefficient (Wildman–Crippen LogP) is 3.43. The molecule has 2 amide bonds. The number of carbonyl (C=O) groups is 2. The van der Waals surface area contributed by atoms with E-state index in [0.29, 0.717) is 22.2 Å². The lowest BCUT2D eigenvalue weighted by molar-refractivity contribution is -0.114. The summed E-state index contributed by atoms with van der Waals surface area (Å²) in [6.07, 6.45) is 1.12. The Hall–Kier alpha value is -3.13. The number of carbonyl (C=O) groups excluding carboxylic acids is 2. The Morgan fingerprint density at radius 2 is 1.83 bits per heavy atom. The van der Waals surface area contributed by atoms with Crippen molar-refractivity contribution in [3.63, 3.8) is 0 Å². The van der Waals surface area contributed by atoms with E-state index in [0.717, 1.165) is 11.8 Å². The maximum Gasteiger partial charge on any atom is 0.287 e. The molecule has 1 heterocycles. The molecular weight excluding hydrogens is 392 g/mol. The molecule has 0 spiro atoms. The van der Waals surface area contributed by atoms with Crippen LogP contribution in [-0.2, 0) is 20.4 Å². The SMILES string of the molecule is CC(=O)Nc1cccc(C(C)NC(=O)c2oc3ccccc3c2CS(C)(=O)=O)c1. The van der Waals surface area contributed by atoms with E-state index in [1.807, 2.05) is 6.07 Å². The Kier molecular flexibility index (Phi) is 5.74. The van der Waals surface area contributed by atoms with Crippen molar-refractivity contribution in [2.75, 3.05) is 11.6 Å². The quantitative estimate of drug-likeness (QED) is 0.643. The van der Waals surface area contributed by atoms with Crippen LogP contribution in [0, 0.1) is 0 Å². The molecule has 29 heavy (non-hydrogen) atoms. The second kappa shape index (κ2) is 8.08. The molecule has 0 saturated heterocycles.